The molecule has 72 valence electrons. The second kappa shape index (κ2) is 5.49. The van der Waals surface area contributed by atoms with Gasteiger partial charge in [-0.3, -0.25) is 0 Å². The summed E-state index contributed by atoms with van der Waals surface area (Å²) in [6.07, 6.45) is 0. The van der Waals surface area contributed by atoms with Gasteiger partial charge in [0.05, 0.1) is 6.07 Å². The van der Waals surface area contributed by atoms with Crippen LogP contribution in [0.3, 0.4) is 0 Å². The molecule has 1 atom stereocenters. The van der Waals surface area contributed by atoms with E-state index in [0.29, 0.717) is 10.5 Å². The molecule has 5 heteroatoms. The smallest absolute Gasteiger partial charge is 0.224 e. The second-order valence-electron chi connectivity index (χ2n) is 2.87. The Morgan fingerprint density at radius 3 is 2.64 bits per heavy atom. The van der Waals surface area contributed by atoms with E-state index in [9.17, 15) is 4.79 Å². The van der Waals surface area contributed by atoms with E-state index < -0.39 is 15.7 Å². The van der Waals surface area contributed by atoms with Gasteiger partial charge < -0.3 is 8.91 Å². The highest BCUT2D eigenvalue weighted by molar-refractivity contribution is 6.72. The van der Waals surface area contributed by atoms with Crippen molar-refractivity contribution in [1.82, 2.24) is 0 Å². The third-order valence-corrected chi connectivity index (χ3v) is 3.72. The Morgan fingerprint density at radius 1 is 1.50 bits per heavy atom. The Kier molecular flexibility index (Phi) is 4.26. The van der Waals surface area contributed by atoms with Gasteiger partial charge in [-0.1, -0.05) is 30.3 Å². The summed E-state index contributed by atoms with van der Waals surface area (Å²) in [6.45, 7) is 0. The summed E-state index contributed by atoms with van der Waals surface area (Å²) >= 11 is 0. The molecule has 1 rings (SSSR count). The van der Waals surface area contributed by atoms with Crippen LogP contribution < -0.4 is 0 Å². The molecule has 0 saturated heterocycles. The molecule has 0 aliphatic rings. The van der Waals surface area contributed by atoms with Crippen LogP contribution in [0.5, 0.6) is 0 Å². The van der Waals surface area contributed by atoms with Gasteiger partial charge in [0.25, 0.3) is 0 Å². The molecular formula is C9H11NO2Si2. The maximum absolute atomic E-state index is 11.5. The van der Waals surface area contributed by atoms with E-state index >= 15 is 0 Å². The minimum absolute atomic E-state index is 0.0336. The van der Waals surface area contributed by atoms with E-state index in [1.165, 1.54) is 0 Å². The lowest BCUT2D eigenvalue weighted by molar-refractivity contribution is -0.112. The fourth-order valence-electron chi connectivity index (χ4n) is 1.20. The molecule has 1 aromatic carbocycles. The minimum Gasteiger partial charge on any atom is -0.463 e. The van der Waals surface area contributed by atoms with Gasteiger partial charge >= 0.3 is 0 Å². The molecule has 0 radical (unpaired) electrons. The molecule has 0 aliphatic carbocycles. The molecule has 1 unspecified atom stereocenters. The van der Waals surface area contributed by atoms with Crippen molar-refractivity contribution in [2.45, 2.75) is 5.92 Å². The summed E-state index contributed by atoms with van der Waals surface area (Å²) in [5.74, 6) is -0.628. The Labute approximate surface area is 88.2 Å². The fourth-order valence-corrected chi connectivity index (χ4v) is 2.84. The van der Waals surface area contributed by atoms with Crippen molar-refractivity contribution in [3.8, 4) is 6.07 Å². The van der Waals surface area contributed by atoms with Crippen LogP contribution >= 0.6 is 0 Å². The molecule has 0 saturated carbocycles. The standard InChI is InChI=1S/C9H11NO2Si2/c10-6-8(9(11)14-12-13)7-4-2-1-3-5-7/h1-5,8H,14H2,13H3. The van der Waals surface area contributed by atoms with Crippen molar-refractivity contribution in [1.29, 1.82) is 5.26 Å². The lowest BCUT2D eigenvalue weighted by Crippen LogP contribution is -2.19. The zero-order valence-electron chi connectivity index (χ0n) is 7.93. The average Bonchev–Trinajstić information content (AvgIpc) is 2.21. The van der Waals surface area contributed by atoms with Gasteiger partial charge in [-0.2, -0.15) is 5.26 Å². The summed E-state index contributed by atoms with van der Waals surface area (Å²) in [4.78, 5) is 11.5. The van der Waals surface area contributed by atoms with Crippen LogP contribution in [0.1, 0.15) is 11.5 Å². The number of hydrogen-bond donors (Lipinski definition) is 0. The summed E-state index contributed by atoms with van der Waals surface area (Å²) in [7, 11) is -0.577. The molecule has 0 spiro atoms. The second-order valence-corrected chi connectivity index (χ2v) is 6.17. The maximum atomic E-state index is 11.5. The zero-order chi connectivity index (χ0) is 10.4. The molecule has 0 heterocycles. The number of nitrogens with zero attached hydrogens (tertiary/aromatic N) is 1. The highest BCUT2D eigenvalue weighted by atomic mass is 28.3. The number of benzene rings is 1. The minimum atomic E-state index is -1.16. The van der Waals surface area contributed by atoms with E-state index in [-0.39, 0.29) is 5.41 Å². The molecule has 0 bridgehead atoms. The van der Waals surface area contributed by atoms with Gasteiger partial charge in [-0.15, -0.1) is 0 Å². The van der Waals surface area contributed by atoms with Gasteiger partial charge in [0.1, 0.15) is 16.4 Å². The van der Waals surface area contributed by atoms with Crippen molar-refractivity contribution >= 4 is 25.7 Å². The lowest BCUT2D eigenvalue weighted by atomic mass is 10.0. The predicted molar refractivity (Wildman–Crippen MR) is 59.4 cm³/mol. The Balaban J connectivity index is 2.84. The number of carbonyl (C=O) groups is 1. The van der Waals surface area contributed by atoms with Crippen molar-refractivity contribution in [2.24, 2.45) is 0 Å². The quantitative estimate of drug-likeness (QED) is 0.626. The normalized spacial score (nSPS) is 12.8. The summed E-state index contributed by atoms with van der Waals surface area (Å²) in [5.41, 5.74) is 0.770. The van der Waals surface area contributed by atoms with E-state index in [1.54, 1.807) is 12.1 Å². The van der Waals surface area contributed by atoms with Gasteiger partial charge in [0, 0.05) is 0 Å². The molecule has 3 nitrogen and oxygen atoms in total. The molecule has 0 aliphatic heterocycles. The molecular weight excluding hydrogens is 210 g/mol. The molecule has 14 heavy (non-hydrogen) atoms. The van der Waals surface area contributed by atoms with Crippen LogP contribution in [0, 0.1) is 11.3 Å². The van der Waals surface area contributed by atoms with Gasteiger partial charge in [0.15, 0.2) is 5.41 Å². The molecule has 0 fully saturated rings. The largest absolute Gasteiger partial charge is 0.463 e. The third kappa shape index (κ3) is 2.63. The van der Waals surface area contributed by atoms with Crippen molar-refractivity contribution in [2.75, 3.05) is 0 Å². The summed E-state index contributed by atoms with van der Waals surface area (Å²) < 4.78 is 4.99. The van der Waals surface area contributed by atoms with E-state index in [1.807, 2.05) is 24.3 Å². The van der Waals surface area contributed by atoms with Crippen molar-refractivity contribution in [3.63, 3.8) is 0 Å². The van der Waals surface area contributed by atoms with Crippen LogP contribution in [-0.2, 0) is 8.91 Å². The number of carbonyl (C=O) groups excluding carboxylic acids is 1. The van der Waals surface area contributed by atoms with Crippen LogP contribution in [0.25, 0.3) is 0 Å². The first-order chi connectivity index (χ1) is 6.79. The van der Waals surface area contributed by atoms with Gasteiger partial charge in [-0.05, 0) is 5.56 Å². The predicted octanol–water partition coefficient (Wildman–Crippen LogP) is -0.799. The average molecular weight is 221 g/mol. The number of hydrogen-bond acceptors (Lipinski definition) is 3. The summed E-state index contributed by atoms with van der Waals surface area (Å²) in [5, 5.41) is 8.85. The first kappa shape index (κ1) is 10.9. The summed E-state index contributed by atoms with van der Waals surface area (Å²) in [6, 6.07) is 11.1. The fraction of sp³-hybridized carbons (Fsp3) is 0.111. The van der Waals surface area contributed by atoms with Gasteiger partial charge in [0.2, 0.25) is 9.76 Å². The van der Waals surface area contributed by atoms with E-state index in [2.05, 4.69) is 0 Å². The number of rotatable bonds is 4. The van der Waals surface area contributed by atoms with Gasteiger partial charge in [-0.25, -0.2) is 0 Å². The first-order valence-corrected chi connectivity index (χ1v) is 6.36. The zero-order valence-corrected chi connectivity index (χ0v) is 11.3. The Morgan fingerprint density at radius 2 is 2.14 bits per heavy atom. The van der Waals surface area contributed by atoms with Crippen LogP contribution in [0.4, 0.5) is 0 Å². The lowest BCUT2D eigenvalue weighted by Gasteiger charge is -2.06. The SMILES string of the molecule is N#CC(C(=O)[SiH2]O[SiH3])c1ccccc1. The van der Waals surface area contributed by atoms with E-state index in [0.717, 1.165) is 5.56 Å². The van der Waals surface area contributed by atoms with Crippen molar-refractivity contribution in [3.05, 3.63) is 35.9 Å². The van der Waals surface area contributed by atoms with E-state index in [4.69, 9.17) is 9.38 Å². The number of nitriles is 1. The molecule has 0 aromatic heterocycles. The molecule has 0 amide bonds. The Bertz CT molecular complexity index is 348. The Hall–Kier alpha value is -1.23. The molecule has 0 N–H and O–H groups in total. The van der Waals surface area contributed by atoms with Crippen LogP contribution in [0.15, 0.2) is 30.3 Å². The third-order valence-electron chi connectivity index (χ3n) is 1.87. The molecule has 1 aromatic rings. The first-order valence-electron chi connectivity index (χ1n) is 4.25. The monoisotopic (exact) mass is 221 g/mol. The van der Waals surface area contributed by atoms with Crippen LogP contribution in [-0.4, -0.2) is 25.7 Å². The van der Waals surface area contributed by atoms with Crippen LogP contribution in [0.2, 0.25) is 0 Å². The van der Waals surface area contributed by atoms with Crippen molar-refractivity contribution < 1.29 is 8.91 Å². The highest BCUT2D eigenvalue weighted by Gasteiger charge is 2.19. The maximum Gasteiger partial charge on any atom is 0.224 e. The highest BCUT2D eigenvalue weighted by Crippen LogP contribution is 2.14. The topological polar surface area (TPSA) is 50.1 Å².